The summed E-state index contributed by atoms with van der Waals surface area (Å²) in [5.41, 5.74) is 1.78. The number of aryl methyl sites for hydroxylation is 1. The molecule has 9 heteroatoms. The Kier molecular flexibility index (Phi) is 5.05. The van der Waals surface area contributed by atoms with Crippen molar-refractivity contribution in [3.63, 3.8) is 0 Å². The van der Waals surface area contributed by atoms with E-state index in [9.17, 15) is 9.59 Å². The Hall–Kier alpha value is -2.35. The molecular formula is C14H18ClN5O3. The van der Waals surface area contributed by atoms with Gasteiger partial charge in [-0.3, -0.25) is 9.48 Å². The molecule has 0 saturated carbocycles. The summed E-state index contributed by atoms with van der Waals surface area (Å²) < 4.78 is 2.90. The third kappa shape index (κ3) is 3.53. The van der Waals surface area contributed by atoms with E-state index < -0.39 is 12.0 Å². The number of nitrogens with zero attached hydrogens (tertiary/aromatic N) is 4. The summed E-state index contributed by atoms with van der Waals surface area (Å²) in [6.45, 7) is 5.94. The van der Waals surface area contributed by atoms with Gasteiger partial charge in [-0.2, -0.15) is 10.2 Å². The minimum absolute atomic E-state index is 0.200. The van der Waals surface area contributed by atoms with Gasteiger partial charge < -0.3 is 10.4 Å². The number of aromatic nitrogens is 4. The second kappa shape index (κ2) is 6.82. The van der Waals surface area contributed by atoms with Crippen molar-refractivity contribution < 1.29 is 14.7 Å². The number of aliphatic carboxylic acids is 1. The number of carbonyl (C=O) groups excluding carboxylic acids is 1. The minimum Gasteiger partial charge on any atom is -0.480 e. The van der Waals surface area contributed by atoms with Gasteiger partial charge in [0.2, 0.25) is 0 Å². The standard InChI is InChI=1S/C14H18ClN5O3/c1-8-12(15)9(2)19(18-8)7-6-16-13(21)11-4-5-17-20(11)10(3)14(22)23/h4-5,10H,6-7H2,1-3H3,(H,16,21)(H,22,23). The summed E-state index contributed by atoms with van der Waals surface area (Å²) in [5, 5.41) is 20.5. The molecule has 1 amide bonds. The van der Waals surface area contributed by atoms with Gasteiger partial charge in [0.15, 0.2) is 0 Å². The first-order chi connectivity index (χ1) is 10.8. The van der Waals surface area contributed by atoms with Crippen LogP contribution in [0.2, 0.25) is 5.02 Å². The van der Waals surface area contributed by atoms with Crippen molar-refractivity contribution in [1.29, 1.82) is 0 Å². The van der Waals surface area contributed by atoms with E-state index in [-0.39, 0.29) is 11.6 Å². The number of carboxylic acids is 1. The molecule has 8 nitrogen and oxygen atoms in total. The quantitative estimate of drug-likeness (QED) is 0.828. The van der Waals surface area contributed by atoms with Crippen LogP contribution >= 0.6 is 11.6 Å². The van der Waals surface area contributed by atoms with Crippen LogP contribution in [0.3, 0.4) is 0 Å². The van der Waals surface area contributed by atoms with Crippen molar-refractivity contribution in [1.82, 2.24) is 24.9 Å². The maximum Gasteiger partial charge on any atom is 0.328 e. The summed E-state index contributed by atoms with van der Waals surface area (Å²) in [4.78, 5) is 23.2. The van der Waals surface area contributed by atoms with E-state index in [0.29, 0.717) is 18.1 Å². The summed E-state index contributed by atoms with van der Waals surface area (Å²) in [5.74, 6) is -1.44. The smallest absolute Gasteiger partial charge is 0.328 e. The zero-order chi connectivity index (χ0) is 17.1. The zero-order valence-corrected chi connectivity index (χ0v) is 13.8. The van der Waals surface area contributed by atoms with Crippen LogP contribution in [0, 0.1) is 13.8 Å². The summed E-state index contributed by atoms with van der Waals surface area (Å²) in [6, 6.07) is 0.565. The lowest BCUT2D eigenvalue weighted by Crippen LogP contribution is -2.31. The van der Waals surface area contributed by atoms with Gasteiger partial charge in [-0.1, -0.05) is 11.6 Å². The average molecular weight is 340 g/mol. The first kappa shape index (κ1) is 17.0. The van der Waals surface area contributed by atoms with Gasteiger partial charge in [-0.15, -0.1) is 0 Å². The monoisotopic (exact) mass is 339 g/mol. The first-order valence-corrected chi connectivity index (χ1v) is 7.44. The van der Waals surface area contributed by atoms with Crippen molar-refractivity contribution >= 4 is 23.5 Å². The van der Waals surface area contributed by atoms with Crippen LogP contribution < -0.4 is 5.32 Å². The lowest BCUT2D eigenvalue weighted by Gasteiger charge is -2.12. The third-order valence-corrected chi connectivity index (χ3v) is 4.08. The molecule has 0 radical (unpaired) electrons. The summed E-state index contributed by atoms with van der Waals surface area (Å²) in [7, 11) is 0. The van der Waals surface area contributed by atoms with Gasteiger partial charge in [0, 0.05) is 12.7 Å². The molecule has 2 N–H and O–H groups in total. The van der Waals surface area contributed by atoms with Crippen LogP contribution in [-0.4, -0.2) is 43.1 Å². The maximum atomic E-state index is 12.2. The molecule has 0 bridgehead atoms. The topological polar surface area (TPSA) is 102 Å². The van der Waals surface area contributed by atoms with Crippen LogP contribution in [0.15, 0.2) is 12.3 Å². The first-order valence-electron chi connectivity index (χ1n) is 7.07. The minimum atomic E-state index is -1.06. The highest BCUT2D eigenvalue weighted by Crippen LogP contribution is 2.18. The molecule has 0 aromatic carbocycles. The Balaban J connectivity index is 1.99. The number of halogens is 1. The number of nitrogens with one attached hydrogen (secondary N) is 1. The van der Waals surface area contributed by atoms with Crippen molar-refractivity contribution in [2.45, 2.75) is 33.4 Å². The Morgan fingerprint density at radius 3 is 2.70 bits per heavy atom. The molecule has 0 saturated heterocycles. The highest BCUT2D eigenvalue weighted by molar-refractivity contribution is 6.31. The molecule has 2 rings (SSSR count). The SMILES string of the molecule is Cc1nn(CCNC(=O)c2ccnn2C(C)C(=O)O)c(C)c1Cl. The highest BCUT2D eigenvalue weighted by Gasteiger charge is 2.20. The van der Waals surface area contributed by atoms with Gasteiger partial charge in [0.1, 0.15) is 11.7 Å². The fraction of sp³-hybridized carbons (Fsp3) is 0.429. The van der Waals surface area contributed by atoms with Crippen LogP contribution in [0.25, 0.3) is 0 Å². The second-order valence-electron chi connectivity index (χ2n) is 5.14. The summed E-state index contributed by atoms with van der Waals surface area (Å²) >= 11 is 6.07. The molecule has 23 heavy (non-hydrogen) atoms. The molecule has 0 fully saturated rings. The number of rotatable bonds is 6. The number of amides is 1. The predicted molar refractivity (Wildman–Crippen MR) is 83.6 cm³/mol. The number of hydrogen-bond donors (Lipinski definition) is 2. The second-order valence-corrected chi connectivity index (χ2v) is 5.52. The largest absolute Gasteiger partial charge is 0.480 e. The lowest BCUT2D eigenvalue weighted by atomic mass is 10.3. The van der Waals surface area contributed by atoms with Crippen LogP contribution in [0.5, 0.6) is 0 Å². The number of carboxylic acid groups (broad SMARTS) is 1. The molecule has 1 atom stereocenters. The van der Waals surface area contributed by atoms with Crippen molar-refractivity contribution in [3.05, 3.63) is 34.4 Å². The molecule has 1 unspecified atom stereocenters. The van der Waals surface area contributed by atoms with E-state index in [4.69, 9.17) is 16.7 Å². The van der Waals surface area contributed by atoms with Crippen molar-refractivity contribution in [2.24, 2.45) is 0 Å². The molecule has 0 aliphatic heterocycles. The van der Waals surface area contributed by atoms with Crippen molar-refractivity contribution in [2.75, 3.05) is 6.54 Å². The normalized spacial score (nSPS) is 12.2. The van der Waals surface area contributed by atoms with Gasteiger partial charge in [0.05, 0.1) is 23.0 Å². The van der Waals surface area contributed by atoms with Gasteiger partial charge in [0.25, 0.3) is 5.91 Å². The van der Waals surface area contributed by atoms with Gasteiger partial charge in [-0.25, -0.2) is 9.48 Å². The van der Waals surface area contributed by atoms with E-state index in [1.807, 2.05) is 13.8 Å². The molecule has 0 aliphatic carbocycles. The molecule has 0 spiro atoms. The van der Waals surface area contributed by atoms with E-state index in [1.165, 1.54) is 23.9 Å². The maximum absolute atomic E-state index is 12.2. The zero-order valence-electron chi connectivity index (χ0n) is 13.1. The van der Waals surface area contributed by atoms with Crippen molar-refractivity contribution in [3.8, 4) is 0 Å². The molecule has 2 aromatic rings. The molecule has 124 valence electrons. The van der Waals surface area contributed by atoms with Crippen LogP contribution in [0.1, 0.15) is 34.8 Å². The Morgan fingerprint density at radius 2 is 2.13 bits per heavy atom. The van der Waals surface area contributed by atoms with Crippen LogP contribution in [0.4, 0.5) is 0 Å². The van der Waals surface area contributed by atoms with E-state index in [1.54, 1.807) is 4.68 Å². The number of carbonyl (C=O) groups is 2. The predicted octanol–water partition coefficient (Wildman–Crippen LogP) is 1.43. The van der Waals surface area contributed by atoms with E-state index in [2.05, 4.69) is 15.5 Å². The molecule has 2 heterocycles. The molecule has 0 aliphatic rings. The average Bonchev–Trinajstić information content (AvgIpc) is 3.08. The van der Waals surface area contributed by atoms with Gasteiger partial charge in [-0.05, 0) is 26.8 Å². The summed E-state index contributed by atoms with van der Waals surface area (Å²) in [6.07, 6.45) is 1.40. The fourth-order valence-corrected chi connectivity index (χ4v) is 2.30. The molecular weight excluding hydrogens is 322 g/mol. The Labute approximate surface area is 138 Å². The van der Waals surface area contributed by atoms with Gasteiger partial charge >= 0.3 is 5.97 Å². The number of hydrogen-bond acceptors (Lipinski definition) is 4. The Morgan fingerprint density at radius 1 is 1.43 bits per heavy atom. The van der Waals surface area contributed by atoms with E-state index in [0.717, 1.165) is 11.4 Å². The third-order valence-electron chi connectivity index (χ3n) is 3.53. The lowest BCUT2D eigenvalue weighted by molar-refractivity contribution is -0.140. The highest BCUT2D eigenvalue weighted by atomic mass is 35.5. The van der Waals surface area contributed by atoms with Crippen LogP contribution in [-0.2, 0) is 11.3 Å². The Bertz CT molecular complexity index is 737. The van der Waals surface area contributed by atoms with E-state index >= 15 is 0 Å². The fourth-order valence-electron chi connectivity index (χ4n) is 2.17. The molecule has 2 aromatic heterocycles.